The molecule has 0 fully saturated rings. The number of aliphatic hydroxyl groups is 1. The van der Waals surface area contributed by atoms with E-state index in [1.165, 1.54) is 11.8 Å². The van der Waals surface area contributed by atoms with Crippen LogP contribution in [0, 0.1) is 0 Å². The van der Waals surface area contributed by atoms with E-state index < -0.39 is 29.6 Å². The third kappa shape index (κ3) is 6.16. The summed E-state index contributed by atoms with van der Waals surface area (Å²) in [6, 6.07) is 7.01. The van der Waals surface area contributed by atoms with Crippen molar-refractivity contribution in [2.45, 2.75) is 11.3 Å². The maximum Gasteiger partial charge on any atom is 0.252 e. The lowest BCUT2D eigenvalue weighted by Crippen LogP contribution is -2.39. The molecule has 120 valence electrons. The molecule has 0 heterocycles. The predicted octanol–water partition coefficient (Wildman–Crippen LogP) is 1.25. The fourth-order valence-corrected chi connectivity index (χ4v) is 4.37. The standard InChI is InChI=1S/C12H18F2N2O3S2/c13-12(14)9-16(5-6-17)21(18,19)8-7-20-11-4-2-1-3-10(11)15/h1-4,12,17H,5-9,15H2. The van der Waals surface area contributed by atoms with Crippen LogP contribution in [-0.4, -0.2) is 55.5 Å². The number of anilines is 1. The van der Waals surface area contributed by atoms with Crippen molar-refractivity contribution in [2.75, 3.05) is 36.9 Å². The molecule has 0 unspecified atom stereocenters. The summed E-state index contributed by atoms with van der Waals surface area (Å²) in [5.41, 5.74) is 6.27. The fraction of sp³-hybridized carbons (Fsp3) is 0.500. The van der Waals surface area contributed by atoms with Crippen LogP contribution in [0.25, 0.3) is 0 Å². The first-order chi connectivity index (χ1) is 9.86. The lowest BCUT2D eigenvalue weighted by Gasteiger charge is -2.20. The Morgan fingerprint density at radius 1 is 1.33 bits per heavy atom. The van der Waals surface area contributed by atoms with Crippen LogP contribution in [0.1, 0.15) is 0 Å². The van der Waals surface area contributed by atoms with E-state index >= 15 is 0 Å². The molecule has 0 aliphatic rings. The van der Waals surface area contributed by atoms with E-state index in [0.717, 1.165) is 4.90 Å². The number of rotatable bonds is 9. The molecular formula is C12H18F2N2O3S2. The van der Waals surface area contributed by atoms with Crippen molar-refractivity contribution in [3.05, 3.63) is 24.3 Å². The Morgan fingerprint density at radius 2 is 2.00 bits per heavy atom. The summed E-state index contributed by atoms with van der Waals surface area (Å²) in [6.07, 6.45) is -2.77. The van der Waals surface area contributed by atoms with Gasteiger partial charge in [0.1, 0.15) is 0 Å². The van der Waals surface area contributed by atoms with Gasteiger partial charge in [0.15, 0.2) is 0 Å². The van der Waals surface area contributed by atoms with E-state index in [0.29, 0.717) is 9.99 Å². The third-order valence-corrected chi connectivity index (χ3v) is 5.79. The number of para-hydroxylation sites is 1. The van der Waals surface area contributed by atoms with Gasteiger partial charge in [-0.25, -0.2) is 17.2 Å². The lowest BCUT2D eigenvalue weighted by atomic mass is 10.3. The summed E-state index contributed by atoms with van der Waals surface area (Å²) >= 11 is 1.25. The Hall–Kier alpha value is -0.900. The van der Waals surface area contributed by atoms with Crippen molar-refractivity contribution in [3.63, 3.8) is 0 Å². The molecule has 3 N–H and O–H groups in total. The van der Waals surface area contributed by atoms with E-state index in [9.17, 15) is 17.2 Å². The van der Waals surface area contributed by atoms with Gasteiger partial charge in [-0.15, -0.1) is 11.8 Å². The molecule has 0 aliphatic heterocycles. The number of benzene rings is 1. The first-order valence-electron chi connectivity index (χ1n) is 6.21. The van der Waals surface area contributed by atoms with E-state index in [1.54, 1.807) is 24.3 Å². The summed E-state index contributed by atoms with van der Waals surface area (Å²) in [4.78, 5) is 0.746. The van der Waals surface area contributed by atoms with E-state index in [-0.39, 0.29) is 18.1 Å². The van der Waals surface area contributed by atoms with E-state index in [2.05, 4.69) is 0 Å². The Kier molecular flexibility index (Phi) is 7.36. The number of hydrogen-bond acceptors (Lipinski definition) is 5. The largest absolute Gasteiger partial charge is 0.398 e. The van der Waals surface area contributed by atoms with Gasteiger partial charge in [-0.05, 0) is 12.1 Å². The van der Waals surface area contributed by atoms with Crippen LogP contribution in [0.4, 0.5) is 14.5 Å². The molecule has 0 radical (unpaired) electrons. The molecule has 0 saturated carbocycles. The Morgan fingerprint density at radius 3 is 2.57 bits per heavy atom. The average molecular weight is 340 g/mol. The second-order valence-corrected chi connectivity index (χ2v) is 7.40. The van der Waals surface area contributed by atoms with Crippen LogP contribution >= 0.6 is 11.8 Å². The van der Waals surface area contributed by atoms with Gasteiger partial charge >= 0.3 is 0 Å². The van der Waals surface area contributed by atoms with Gasteiger partial charge in [0.2, 0.25) is 10.0 Å². The predicted molar refractivity (Wildman–Crippen MR) is 80.0 cm³/mol. The highest BCUT2D eigenvalue weighted by atomic mass is 32.2. The highest BCUT2D eigenvalue weighted by Gasteiger charge is 2.24. The highest BCUT2D eigenvalue weighted by Crippen LogP contribution is 2.24. The number of halogens is 2. The van der Waals surface area contributed by atoms with Gasteiger partial charge in [-0.3, -0.25) is 0 Å². The molecule has 0 spiro atoms. The molecule has 0 bridgehead atoms. The molecule has 9 heteroatoms. The zero-order chi connectivity index (χ0) is 15.9. The summed E-state index contributed by atoms with van der Waals surface area (Å²) in [5.74, 6) is -0.0968. The second kappa shape index (κ2) is 8.52. The van der Waals surface area contributed by atoms with Gasteiger partial charge in [0.25, 0.3) is 6.43 Å². The zero-order valence-electron chi connectivity index (χ0n) is 11.3. The molecule has 0 amide bonds. The summed E-state index contributed by atoms with van der Waals surface area (Å²) in [5, 5.41) is 8.78. The number of thioether (sulfide) groups is 1. The van der Waals surface area contributed by atoms with Gasteiger partial charge in [-0.2, -0.15) is 4.31 Å². The zero-order valence-corrected chi connectivity index (χ0v) is 12.9. The van der Waals surface area contributed by atoms with Crippen molar-refractivity contribution in [1.29, 1.82) is 0 Å². The van der Waals surface area contributed by atoms with Crippen molar-refractivity contribution < 1.29 is 22.3 Å². The quantitative estimate of drug-likeness (QED) is 0.522. The van der Waals surface area contributed by atoms with Crippen molar-refractivity contribution >= 4 is 27.5 Å². The lowest BCUT2D eigenvalue weighted by molar-refractivity contribution is 0.113. The minimum Gasteiger partial charge on any atom is -0.398 e. The van der Waals surface area contributed by atoms with Gasteiger partial charge < -0.3 is 10.8 Å². The Balaban J connectivity index is 2.60. The molecule has 0 saturated heterocycles. The van der Waals surface area contributed by atoms with Crippen molar-refractivity contribution in [2.24, 2.45) is 0 Å². The van der Waals surface area contributed by atoms with Crippen molar-refractivity contribution in [3.8, 4) is 0 Å². The first-order valence-corrected chi connectivity index (χ1v) is 8.80. The number of nitrogens with zero attached hydrogens (tertiary/aromatic N) is 1. The van der Waals surface area contributed by atoms with Crippen LogP contribution in [0.5, 0.6) is 0 Å². The molecule has 1 aromatic carbocycles. The van der Waals surface area contributed by atoms with Gasteiger partial charge in [0, 0.05) is 22.9 Å². The molecule has 21 heavy (non-hydrogen) atoms. The minimum atomic E-state index is -3.83. The second-order valence-electron chi connectivity index (χ2n) is 4.18. The SMILES string of the molecule is Nc1ccccc1SCCS(=O)(=O)N(CCO)CC(F)F. The topological polar surface area (TPSA) is 83.6 Å². The number of alkyl halides is 2. The maximum absolute atomic E-state index is 12.4. The Labute approximate surface area is 127 Å². The van der Waals surface area contributed by atoms with Crippen molar-refractivity contribution in [1.82, 2.24) is 4.31 Å². The number of hydrogen-bond donors (Lipinski definition) is 2. The fourth-order valence-electron chi connectivity index (χ4n) is 1.61. The average Bonchev–Trinajstić information content (AvgIpc) is 2.40. The molecule has 1 rings (SSSR count). The monoisotopic (exact) mass is 340 g/mol. The van der Waals surface area contributed by atoms with E-state index in [1.807, 2.05) is 0 Å². The Bertz CT molecular complexity index is 541. The normalized spacial score (nSPS) is 12.2. The van der Waals surface area contributed by atoms with Gasteiger partial charge in [0.05, 0.1) is 18.9 Å². The smallest absolute Gasteiger partial charge is 0.252 e. The van der Waals surface area contributed by atoms with Crippen LogP contribution in [0.15, 0.2) is 29.2 Å². The maximum atomic E-state index is 12.4. The van der Waals surface area contributed by atoms with E-state index in [4.69, 9.17) is 10.8 Å². The summed E-state index contributed by atoms with van der Waals surface area (Å²) in [7, 11) is -3.83. The minimum absolute atomic E-state index is 0.196. The number of aliphatic hydroxyl groups excluding tert-OH is 1. The van der Waals surface area contributed by atoms with Crippen LogP contribution in [-0.2, 0) is 10.0 Å². The van der Waals surface area contributed by atoms with Gasteiger partial charge in [-0.1, -0.05) is 12.1 Å². The van der Waals surface area contributed by atoms with Crippen LogP contribution in [0.3, 0.4) is 0 Å². The molecule has 5 nitrogen and oxygen atoms in total. The molecule has 1 aromatic rings. The number of nitrogens with two attached hydrogens (primary N) is 1. The molecule has 0 aliphatic carbocycles. The summed E-state index contributed by atoms with van der Waals surface area (Å²) in [6.45, 7) is -1.73. The molecule has 0 atom stereocenters. The number of nitrogen functional groups attached to an aromatic ring is 1. The first kappa shape index (κ1) is 18.1. The molecule has 0 aromatic heterocycles. The molecular weight excluding hydrogens is 322 g/mol. The summed E-state index contributed by atoms with van der Waals surface area (Å²) < 4.78 is 49.3. The van der Waals surface area contributed by atoms with Crippen LogP contribution < -0.4 is 5.73 Å². The third-order valence-electron chi connectivity index (χ3n) is 2.60. The van der Waals surface area contributed by atoms with Crippen LogP contribution in [0.2, 0.25) is 0 Å². The highest BCUT2D eigenvalue weighted by molar-refractivity contribution is 8.00. The number of sulfonamides is 1.